The van der Waals surface area contributed by atoms with E-state index in [-0.39, 0.29) is 17.5 Å². The largest absolute Gasteiger partial charge is 0.351 e. The van der Waals surface area contributed by atoms with E-state index in [1.807, 2.05) is 6.92 Å². The first kappa shape index (κ1) is 12.2. The molecule has 0 bridgehead atoms. The van der Waals surface area contributed by atoms with Crippen LogP contribution in [0, 0.1) is 0 Å². The molecule has 4 nitrogen and oxygen atoms in total. The highest BCUT2D eigenvalue weighted by molar-refractivity contribution is 5.81. The van der Waals surface area contributed by atoms with Crippen molar-refractivity contribution in [2.75, 3.05) is 13.1 Å². The molecule has 1 fully saturated rings. The Morgan fingerprint density at radius 3 is 2.80 bits per heavy atom. The topological polar surface area (TPSA) is 67.2 Å². The van der Waals surface area contributed by atoms with Gasteiger partial charge >= 0.3 is 0 Å². The van der Waals surface area contributed by atoms with Gasteiger partial charge in [-0.1, -0.05) is 6.08 Å². The molecule has 0 aromatic heterocycles. The van der Waals surface area contributed by atoms with Crippen LogP contribution in [0.1, 0.15) is 26.2 Å². The predicted molar refractivity (Wildman–Crippen MR) is 61.4 cm³/mol. The van der Waals surface area contributed by atoms with Crippen molar-refractivity contribution in [2.24, 2.45) is 5.73 Å². The van der Waals surface area contributed by atoms with Gasteiger partial charge in [0.15, 0.2) is 0 Å². The van der Waals surface area contributed by atoms with E-state index in [9.17, 15) is 4.79 Å². The van der Waals surface area contributed by atoms with Crippen LogP contribution in [-0.4, -0.2) is 30.6 Å². The van der Waals surface area contributed by atoms with E-state index in [0.717, 1.165) is 19.4 Å². The third kappa shape index (κ3) is 3.64. The fraction of sp³-hybridized carbons (Fsp3) is 0.727. The summed E-state index contributed by atoms with van der Waals surface area (Å²) >= 11 is 0. The van der Waals surface area contributed by atoms with Gasteiger partial charge in [0, 0.05) is 18.6 Å². The smallest absolute Gasteiger partial charge is 0.237 e. The Kier molecular flexibility index (Phi) is 4.29. The molecule has 15 heavy (non-hydrogen) atoms. The molecule has 0 heterocycles. The average molecular weight is 211 g/mol. The van der Waals surface area contributed by atoms with Gasteiger partial charge in [0.05, 0.1) is 6.04 Å². The maximum absolute atomic E-state index is 11.5. The van der Waals surface area contributed by atoms with Crippen molar-refractivity contribution in [2.45, 2.75) is 37.8 Å². The Morgan fingerprint density at radius 2 is 2.33 bits per heavy atom. The Labute approximate surface area is 91.3 Å². The molecule has 0 aliphatic heterocycles. The van der Waals surface area contributed by atoms with E-state index in [1.165, 1.54) is 6.42 Å². The summed E-state index contributed by atoms with van der Waals surface area (Å²) in [5, 5.41) is 5.91. The van der Waals surface area contributed by atoms with Gasteiger partial charge in [-0.3, -0.25) is 4.79 Å². The summed E-state index contributed by atoms with van der Waals surface area (Å²) in [4.78, 5) is 11.5. The minimum absolute atomic E-state index is 0.00202. The molecule has 86 valence electrons. The number of carbonyl (C=O) groups is 1. The molecule has 1 aliphatic carbocycles. The van der Waals surface area contributed by atoms with E-state index in [4.69, 9.17) is 5.73 Å². The minimum atomic E-state index is -0.189. The van der Waals surface area contributed by atoms with Crippen molar-refractivity contribution >= 4 is 5.91 Å². The number of hydrogen-bond acceptors (Lipinski definition) is 3. The van der Waals surface area contributed by atoms with Crippen LogP contribution >= 0.6 is 0 Å². The molecular weight excluding hydrogens is 190 g/mol. The number of nitrogens with one attached hydrogen (secondary N) is 2. The van der Waals surface area contributed by atoms with Gasteiger partial charge in [-0.05, 0) is 26.2 Å². The first-order valence-electron chi connectivity index (χ1n) is 5.48. The van der Waals surface area contributed by atoms with Crippen molar-refractivity contribution in [1.82, 2.24) is 10.6 Å². The van der Waals surface area contributed by atoms with Crippen molar-refractivity contribution in [3.8, 4) is 0 Å². The van der Waals surface area contributed by atoms with E-state index < -0.39 is 0 Å². The van der Waals surface area contributed by atoms with Crippen molar-refractivity contribution in [3.05, 3.63) is 12.7 Å². The van der Waals surface area contributed by atoms with Crippen LogP contribution in [0.5, 0.6) is 0 Å². The summed E-state index contributed by atoms with van der Waals surface area (Å²) in [6, 6.07) is -0.189. The molecule has 4 N–H and O–H groups in total. The third-order valence-electron chi connectivity index (χ3n) is 2.92. The number of amides is 1. The normalized spacial score (nSPS) is 20.1. The average Bonchev–Trinajstić information content (AvgIpc) is 2.19. The standard InChI is InChI=1S/C11H21N3O/c1-3-7-13-10(15)9(2)14-8-11(12)5-4-6-11/h3,9,14H,1,4-8,12H2,2H3,(H,13,15). The Bertz CT molecular complexity index is 236. The summed E-state index contributed by atoms with van der Waals surface area (Å²) < 4.78 is 0. The fourth-order valence-electron chi connectivity index (χ4n) is 1.58. The molecule has 0 saturated heterocycles. The van der Waals surface area contributed by atoms with Gasteiger partial charge in [-0.2, -0.15) is 0 Å². The van der Waals surface area contributed by atoms with Crippen molar-refractivity contribution in [1.29, 1.82) is 0 Å². The molecule has 0 radical (unpaired) electrons. The third-order valence-corrected chi connectivity index (χ3v) is 2.92. The van der Waals surface area contributed by atoms with Crippen LogP contribution in [0.3, 0.4) is 0 Å². The summed E-state index contributed by atoms with van der Waals surface area (Å²) in [7, 11) is 0. The second-order valence-corrected chi connectivity index (χ2v) is 4.35. The SMILES string of the molecule is C=CCNC(=O)C(C)NCC1(N)CCC1. The molecule has 0 spiro atoms. The Hall–Kier alpha value is -0.870. The van der Waals surface area contributed by atoms with E-state index in [2.05, 4.69) is 17.2 Å². The van der Waals surface area contributed by atoms with Crippen LogP contribution < -0.4 is 16.4 Å². The number of rotatable bonds is 6. The van der Waals surface area contributed by atoms with Crippen molar-refractivity contribution < 1.29 is 4.79 Å². The zero-order valence-corrected chi connectivity index (χ0v) is 9.38. The lowest BCUT2D eigenvalue weighted by Crippen LogP contribution is -2.57. The summed E-state index contributed by atoms with van der Waals surface area (Å²) in [6.07, 6.45) is 4.98. The fourth-order valence-corrected chi connectivity index (χ4v) is 1.58. The van der Waals surface area contributed by atoms with E-state index >= 15 is 0 Å². The molecule has 1 atom stereocenters. The highest BCUT2D eigenvalue weighted by Gasteiger charge is 2.32. The Morgan fingerprint density at radius 1 is 1.67 bits per heavy atom. The molecular formula is C11H21N3O. The second-order valence-electron chi connectivity index (χ2n) is 4.35. The molecule has 1 saturated carbocycles. The van der Waals surface area contributed by atoms with Crippen LogP contribution in [-0.2, 0) is 4.79 Å². The van der Waals surface area contributed by atoms with Crippen molar-refractivity contribution in [3.63, 3.8) is 0 Å². The van der Waals surface area contributed by atoms with Crippen LogP contribution in [0.25, 0.3) is 0 Å². The summed E-state index contributed by atoms with van der Waals surface area (Å²) in [5.74, 6) is -0.00202. The predicted octanol–water partition coefficient (Wildman–Crippen LogP) is 0.148. The molecule has 1 rings (SSSR count). The molecule has 4 heteroatoms. The lowest BCUT2D eigenvalue weighted by atomic mass is 9.77. The van der Waals surface area contributed by atoms with Gasteiger partial charge in [0.25, 0.3) is 0 Å². The monoisotopic (exact) mass is 211 g/mol. The highest BCUT2D eigenvalue weighted by atomic mass is 16.2. The quantitative estimate of drug-likeness (QED) is 0.548. The van der Waals surface area contributed by atoms with Crippen LogP contribution in [0.2, 0.25) is 0 Å². The minimum Gasteiger partial charge on any atom is -0.351 e. The lowest BCUT2D eigenvalue weighted by Gasteiger charge is -2.38. The van der Waals surface area contributed by atoms with Gasteiger partial charge in [-0.25, -0.2) is 0 Å². The molecule has 0 aromatic carbocycles. The number of hydrogen-bond donors (Lipinski definition) is 3. The second kappa shape index (κ2) is 5.28. The Balaban J connectivity index is 2.19. The van der Waals surface area contributed by atoms with Gasteiger partial charge < -0.3 is 16.4 Å². The first-order valence-corrected chi connectivity index (χ1v) is 5.48. The zero-order valence-electron chi connectivity index (χ0n) is 9.38. The van der Waals surface area contributed by atoms with Gasteiger partial charge in [0.1, 0.15) is 0 Å². The zero-order chi connectivity index (χ0) is 11.3. The molecule has 1 amide bonds. The molecule has 1 aliphatic rings. The van der Waals surface area contributed by atoms with Gasteiger partial charge in [0.2, 0.25) is 5.91 Å². The van der Waals surface area contributed by atoms with E-state index in [0.29, 0.717) is 6.54 Å². The number of nitrogens with two attached hydrogens (primary N) is 1. The summed E-state index contributed by atoms with van der Waals surface area (Å²) in [5.41, 5.74) is 5.96. The molecule has 0 aromatic rings. The number of carbonyl (C=O) groups excluding carboxylic acids is 1. The van der Waals surface area contributed by atoms with Gasteiger partial charge in [-0.15, -0.1) is 6.58 Å². The lowest BCUT2D eigenvalue weighted by molar-refractivity contribution is -0.122. The highest BCUT2D eigenvalue weighted by Crippen LogP contribution is 2.28. The van der Waals surface area contributed by atoms with Crippen LogP contribution in [0.4, 0.5) is 0 Å². The maximum Gasteiger partial charge on any atom is 0.237 e. The first-order chi connectivity index (χ1) is 7.07. The van der Waals surface area contributed by atoms with E-state index in [1.54, 1.807) is 6.08 Å². The van der Waals surface area contributed by atoms with Crippen LogP contribution in [0.15, 0.2) is 12.7 Å². The molecule has 1 unspecified atom stereocenters. The summed E-state index contributed by atoms with van der Waals surface area (Å²) in [6.45, 7) is 6.62. The maximum atomic E-state index is 11.5.